The van der Waals surface area contributed by atoms with Gasteiger partial charge in [-0.05, 0) is 17.5 Å². The highest BCUT2D eigenvalue weighted by atomic mass is 16.3. The van der Waals surface area contributed by atoms with Crippen molar-refractivity contribution in [2.75, 3.05) is 0 Å². The average molecular weight is 190 g/mol. The van der Waals surface area contributed by atoms with E-state index in [-0.39, 0.29) is 5.88 Å². The highest BCUT2D eigenvalue weighted by Crippen LogP contribution is 2.28. The molecule has 2 rings (SSSR count). The van der Waals surface area contributed by atoms with E-state index in [1.165, 1.54) is 5.56 Å². The topological polar surface area (TPSA) is 38.1 Å². The molecule has 0 radical (unpaired) electrons. The van der Waals surface area contributed by atoms with E-state index in [2.05, 4.69) is 18.8 Å². The van der Waals surface area contributed by atoms with Crippen LogP contribution in [0.4, 0.5) is 0 Å². The first-order valence-electron chi connectivity index (χ1n) is 4.74. The molecule has 0 aliphatic heterocycles. The number of fused-ring (bicyclic) bond motifs is 1. The SMILES string of the molecule is CC(C)c1ccnc2c1cc(O)n2C. The van der Waals surface area contributed by atoms with Crippen molar-refractivity contribution in [2.45, 2.75) is 19.8 Å². The fraction of sp³-hybridized carbons (Fsp3) is 0.364. The van der Waals surface area contributed by atoms with Crippen LogP contribution in [0, 0.1) is 0 Å². The fourth-order valence-electron chi connectivity index (χ4n) is 1.73. The van der Waals surface area contributed by atoms with Crippen LogP contribution in [-0.2, 0) is 7.05 Å². The summed E-state index contributed by atoms with van der Waals surface area (Å²) in [6, 6.07) is 3.78. The molecule has 0 amide bonds. The molecule has 3 heteroatoms. The molecule has 0 aliphatic rings. The van der Waals surface area contributed by atoms with Gasteiger partial charge in [-0.2, -0.15) is 0 Å². The van der Waals surface area contributed by atoms with E-state index < -0.39 is 0 Å². The Morgan fingerprint density at radius 3 is 2.79 bits per heavy atom. The van der Waals surface area contributed by atoms with Crippen LogP contribution in [0.1, 0.15) is 25.3 Å². The lowest BCUT2D eigenvalue weighted by atomic mass is 10.0. The highest BCUT2D eigenvalue weighted by Gasteiger charge is 2.10. The van der Waals surface area contributed by atoms with Crippen LogP contribution in [-0.4, -0.2) is 14.7 Å². The third-order valence-electron chi connectivity index (χ3n) is 2.56. The van der Waals surface area contributed by atoms with E-state index in [0.29, 0.717) is 5.92 Å². The van der Waals surface area contributed by atoms with Crippen molar-refractivity contribution in [2.24, 2.45) is 7.05 Å². The minimum Gasteiger partial charge on any atom is -0.494 e. The molecular formula is C11H14N2O. The Balaban J connectivity index is 2.81. The van der Waals surface area contributed by atoms with E-state index in [4.69, 9.17) is 0 Å². The standard InChI is InChI=1S/C11H14N2O/c1-7(2)8-4-5-12-11-9(8)6-10(14)13(11)3/h4-7,14H,1-3H3. The van der Waals surface area contributed by atoms with Gasteiger partial charge in [-0.1, -0.05) is 13.8 Å². The Bertz CT molecular complexity index is 471. The second-order valence-corrected chi connectivity index (χ2v) is 3.85. The number of nitrogens with zero attached hydrogens (tertiary/aromatic N) is 2. The molecule has 0 saturated heterocycles. The molecule has 0 fully saturated rings. The summed E-state index contributed by atoms with van der Waals surface area (Å²) in [6.45, 7) is 4.28. The Kier molecular flexibility index (Phi) is 1.95. The van der Waals surface area contributed by atoms with Crippen LogP contribution < -0.4 is 0 Å². The van der Waals surface area contributed by atoms with Crippen molar-refractivity contribution in [3.63, 3.8) is 0 Å². The second kappa shape index (κ2) is 3.01. The van der Waals surface area contributed by atoms with Gasteiger partial charge in [0, 0.05) is 24.7 Å². The summed E-state index contributed by atoms with van der Waals surface area (Å²) in [5.41, 5.74) is 2.07. The molecule has 0 bridgehead atoms. The van der Waals surface area contributed by atoms with E-state index in [9.17, 15) is 5.11 Å². The van der Waals surface area contributed by atoms with Gasteiger partial charge < -0.3 is 5.11 Å². The van der Waals surface area contributed by atoms with Crippen LogP contribution in [0.5, 0.6) is 5.88 Å². The predicted octanol–water partition coefficient (Wildman–Crippen LogP) is 2.40. The molecule has 1 N–H and O–H groups in total. The summed E-state index contributed by atoms with van der Waals surface area (Å²) in [5, 5.41) is 10.6. The second-order valence-electron chi connectivity index (χ2n) is 3.85. The smallest absolute Gasteiger partial charge is 0.192 e. The lowest BCUT2D eigenvalue weighted by Gasteiger charge is -2.05. The van der Waals surface area contributed by atoms with Crippen molar-refractivity contribution in [3.05, 3.63) is 23.9 Å². The van der Waals surface area contributed by atoms with Gasteiger partial charge in [-0.3, -0.25) is 4.57 Å². The number of rotatable bonds is 1. The monoisotopic (exact) mass is 190 g/mol. The number of aromatic hydroxyl groups is 1. The third-order valence-corrected chi connectivity index (χ3v) is 2.56. The maximum atomic E-state index is 9.57. The number of pyridine rings is 1. The molecule has 2 aromatic rings. The molecule has 0 atom stereocenters. The number of hydrogen-bond donors (Lipinski definition) is 1. The van der Waals surface area contributed by atoms with Gasteiger partial charge in [0.15, 0.2) is 5.88 Å². The molecule has 3 nitrogen and oxygen atoms in total. The molecule has 0 saturated carbocycles. The first-order valence-corrected chi connectivity index (χ1v) is 4.74. The van der Waals surface area contributed by atoms with Gasteiger partial charge in [0.1, 0.15) is 5.65 Å². The van der Waals surface area contributed by atoms with Crippen molar-refractivity contribution in [3.8, 4) is 5.88 Å². The van der Waals surface area contributed by atoms with E-state index >= 15 is 0 Å². The number of hydrogen-bond acceptors (Lipinski definition) is 2. The van der Waals surface area contributed by atoms with E-state index in [0.717, 1.165) is 11.0 Å². The van der Waals surface area contributed by atoms with Gasteiger partial charge >= 0.3 is 0 Å². The lowest BCUT2D eigenvalue weighted by Crippen LogP contribution is -1.92. The quantitative estimate of drug-likeness (QED) is 0.749. The van der Waals surface area contributed by atoms with Gasteiger partial charge in [0.2, 0.25) is 0 Å². The summed E-state index contributed by atoms with van der Waals surface area (Å²) in [6.07, 6.45) is 1.79. The summed E-state index contributed by atoms with van der Waals surface area (Å²) in [5.74, 6) is 0.711. The van der Waals surface area contributed by atoms with Gasteiger partial charge in [-0.15, -0.1) is 0 Å². The minimum atomic E-state index is 0.264. The zero-order chi connectivity index (χ0) is 10.3. The molecular weight excluding hydrogens is 176 g/mol. The molecule has 0 unspecified atom stereocenters. The molecule has 2 aromatic heterocycles. The average Bonchev–Trinajstić information content (AvgIpc) is 2.43. The first-order chi connectivity index (χ1) is 6.61. The predicted molar refractivity (Wildman–Crippen MR) is 56.5 cm³/mol. The summed E-state index contributed by atoms with van der Waals surface area (Å²) >= 11 is 0. The molecule has 74 valence electrons. The van der Waals surface area contributed by atoms with Crippen LogP contribution in [0.15, 0.2) is 18.3 Å². The van der Waals surface area contributed by atoms with Crippen LogP contribution in [0.2, 0.25) is 0 Å². The Labute approximate surface area is 83.0 Å². The summed E-state index contributed by atoms with van der Waals surface area (Å²) < 4.78 is 1.70. The van der Waals surface area contributed by atoms with Crippen molar-refractivity contribution < 1.29 is 5.11 Å². The zero-order valence-corrected chi connectivity index (χ0v) is 8.65. The summed E-state index contributed by atoms with van der Waals surface area (Å²) in [4.78, 5) is 4.25. The van der Waals surface area contributed by atoms with Gasteiger partial charge in [0.05, 0.1) is 0 Å². The number of aromatic nitrogens is 2. The largest absolute Gasteiger partial charge is 0.494 e. The van der Waals surface area contributed by atoms with Crippen LogP contribution in [0.3, 0.4) is 0 Å². The molecule has 14 heavy (non-hydrogen) atoms. The Morgan fingerprint density at radius 2 is 2.14 bits per heavy atom. The van der Waals surface area contributed by atoms with Crippen LogP contribution in [0.25, 0.3) is 11.0 Å². The maximum absolute atomic E-state index is 9.57. The van der Waals surface area contributed by atoms with Crippen molar-refractivity contribution in [1.29, 1.82) is 0 Å². The van der Waals surface area contributed by atoms with E-state index in [1.807, 2.05) is 13.1 Å². The minimum absolute atomic E-state index is 0.264. The lowest BCUT2D eigenvalue weighted by molar-refractivity contribution is 0.435. The Hall–Kier alpha value is -1.51. The normalized spacial score (nSPS) is 11.4. The Morgan fingerprint density at radius 1 is 1.43 bits per heavy atom. The maximum Gasteiger partial charge on any atom is 0.192 e. The molecule has 2 heterocycles. The molecule has 0 spiro atoms. The zero-order valence-electron chi connectivity index (χ0n) is 8.65. The van der Waals surface area contributed by atoms with Crippen LogP contribution >= 0.6 is 0 Å². The molecule has 0 aliphatic carbocycles. The van der Waals surface area contributed by atoms with Gasteiger partial charge in [0.25, 0.3) is 0 Å². The number of aryl methyl sites for hydroxylation is 1. The summed E-state index contributed by atoms with van der Waals surface area (Å²) in [7, 11) is 1.81. The van der Waals surface area contributed by atoms with Crippen molar-refractivity contribution in [1.82, 2.24) is 9.55 Å². The highest BCUT2D eigenvalue weighted by molar-refractivity contribution is 5.82. The third kappa shape index (κ3) is 1.16. The van der Waals surface area contributed by atoms with E-state index in [1.54, 1.807) is 16.8 Å². The van der Waals surface area contributed by atoms with Crippen molar-refractivity contribution >= 4 is 11.0 Å². The fourth-order valence-corrected chi connectivity index (χ4v) is 1.73. The van der Waals surface area contributed by atoms with Gasteiger partial charge in [-0.25, -0.2) is 4.98 Å². The molecule has 0 aromatic carbocycles. The first kappa shape index (κ1) is 9.06.